The molecule has 0 aliphatic carbocycles. The zero-order valence-corrected chi connectivity index (χ0v) is 10.7. The molecular weight excluding hydrogens is 196 g/mol. The highest BCUT2D eigenvalue weighted by Crippen LogP contribution is 2.12. The van der Waals surface area contributed by atoms with E-state index in [-0.39, 0.29) is 5.97 Å². The summed E-state index contributed by atoms with van der Waals surface area (Å²) in [7, 11) is -0.348. The van der Waals surface area contributed by atoms with Gasteiger partial charge in [-0.15, -0.1) is 0 Å². The summed E-state index contributed by atoms with van der Waals surface area (Å²) in [6.07, 6.45) is 3.65. The van der Waals surface area contributed by atoms with Crippen LogP contribution in [0.15, 0.2) is 11.8 Å². The first-order valence-corrected chi connectivity index (χ1v) is 8.29. The van der Waals surface area contributed by atoms with Crippen molar-refractivity contribution in [2.75, 3.05) is 7.11 Å². The van der Waals surface area contributed by atoms with Crippen LogP contribution in [0.25, 0.3) is 0 Å². The van der Waals surface area contributed by atoms with Crippen LogP contribution in [0.5, 0.6) is 0 Å². The highest BCUT2D eigenvalue weighted by molar-refractivity contribution is 6.70. The van der Waals surface area contributed by atoms with Crippen molar-refractivity contribution in [3.05, 3.63) is 11.8 Å². The molecule has 0 radical (unpaired) electrons. The Morgan fingerprint density at radius 2 is 1.93 bits per heavy atom. The number of carbonyl (C=O) groups is 1. The minimum absolute atomic E-state index is 0.369. The lowest BCUT2D eigenvalue weighted by molar-refractivity contribution is -0.138. The Kier molecular flexibility index (Phi) is 5.53. The van der Waals surface area contributed by atoms with E-state index in [0.29, 0.717) is 5.76 Å². The molecule has 0 saturated carbocycles. The molecule has 0 N–H and O–H groups in total. The number of esters is 1. The van der Waals surface area contributed by atoms with E-state index in [1.807, 2.05) is 25.7 Å². The van der Waals surface area contributed by atoms with Gasteiger partial charge in [0.1, 0.15) is 0 Å². The third-order valence-corrected chi connectivity index (χ3v) is 2.25. The summed E-state index contributed by atoms with van der Waals surface area (Å²) in [5.41, 5.74) is 0. The lowest BCUT2D eigenvalue weighted by atomic mass is 10.3. The zero-order chi connectivity index (χ0) is 11.2. The lowest BCUT2D eigenvalue weighted by Crippen LogP contribution is -2.27. The van der Waals surface area contributed by atoms with Gasteiger partial charge in [-0.2, -0.15) is 0 Å². The zero-order valence-electron chi connectivity index (χ0n) is 9.72. The molecule has 3 nitrogen and oxygen atoms in total. The molecule has 0 saturated heterocycles. The van der Waals surface area contributed by atoms with Crippen LogP contribution in [0.2, 0.25) is 19.6 Å². The van der Waals surface area contributed by atoms with Crippen molar-refractivity contribution in [3.8, 4) is 0 Å². The summed E-state index contributed by atoms with van der Waals surface area (Å²) >= 11 is 0. The van der Waals surface area contributed by atoms with Crippen LogP contribution in [0.3, 0.4) is 0 Å². The van der Waals surface area contributed by atoms with E-state index in [1.165, 1.54) is 7.11 Å². The second-order valence-electron chi connectivity index (χ2n) is 4.06. The van der Waals surface area contributed by atoms with Gasteiger partial charge in [0.25, 0.3) is 0 Å². The van der Waals surface area contributed by atoms with Gasteiger partial charge in [0.15, 0.2) is 5.76 Å². The third-order valence-electron chi connectivity index (χ3n) is 1.42. The van der Waals surface area contributed by atoms with Gasteiger partial charge in [0.05, 0.1) is 7.11 Å². The normalized spacial score (nSPS) is 12.5. The Labute approximate surface area is 87.2 Å². The molecule has 0 aromatic heterocycles. The smallest absolute Gasteiger partial charge is 0.371 e. The van der Waals surface area contributed by atoms with Gasteiger partial charge in [-0.25, -0.2) is 4.79 Å². The molecule has 0 aromatic carbocycles. The standard InChI is InChI=1S/C10H20O3Si/c1-6-7-8-9(10(11)12-2)13-14(3,4)5/h8H,6-7H2,1-5H3/b9-8+. The highest BCUT2D eigenvalue weighted by atomic mass is 28.4. The van der Waals surface area contributed by atoms with Crippen molar-refractivity contribution in [3.63, 3.8) is 0 Å². The van der Waals surface area contributed by atoms with Crippen LogP contribution in [0.4, 0.5) is 0 Å². The molecular formula is C10H20O3Si. The quantitative estimate of drug-likeness (QED) is 0.307. The molecule has 0 aliphatic rings. The largest absolute Gasteiger partial charge is 0.540 e. The number of hydrogen-bond acceptors (Lipinski definition) is 3. The highest BCUT2D eigenvalue weighted by Gasteiger charge is 2.21. The SMILES string of the molecule is CCC/C=C(/O[Si](C)(C)C)C(=O)OC. The van der Waals surface area contributed by atoms with Gasteiger partial charge in [-0.1, -0.05) is 13.3 Å². The minimum Gasteiger partial charge on any atom is -0.540 e. The topological polar surface area (TPSA) is 35.5 Å². The number of ether oxygens (including phenoxy) is 1. The van der Waals surface area contributed by atoms with E-state index in [2.05, 4.69) is 11.7 Å². The maximum absolute atomic E-state index is 11.3. The minimum atomic E-state index is -1.72. The first kappa shape index (κ1) is 13.2. The van der Waals surface area contributed by atoms with Gasteiger partial charge in [0.2, 0.25) is 8.32 Å². The number of rotatable bonds is 5. The first-order valence-electron chi connectivity index (χ1n) is 4.88. The summed E-state index contributed by atoms with van der Waals surface area (Å²) in [6, 6.07) is 0. The van der Waals surface area contributed by atoms with Crippen LogP contribution in [0.1, 0.15) is 19.8 Å². The molecule has 0 heterocycles. The summed E-state index contributed by atoms with van der Waals surface area (Å²) < 4.78 is 10.3. The van der Waals surface area contributed by atoms with E-state index < -0.39 is 8.32 Å². The van der Waals surface area contributed by atoms with E-state index in [0.717, 1.165) is 12.8 Å². The molecule has 4 heteroatoms. The maximum Gasteiger partial charge on any atom is 0.371 e. The van der Waals surface area contributed by atoms with E-state index >= 15 is 0 Å². The molecule has 0 aromatic rings. The van der Waals surface area contributed by atoms with Crippen LogP contribution in [-0.2, 0) is 14.0 Å². The monoisotopic (exact) mass is 216 g/mol. The number of allylic oxidation sites excluding steroid dienone is 1. The molecule has 82 valence electrons. The number of carbonyl (C=O) groups excluding carboxylic acids is 1. The molecule has 14 heavy (non-hydrogen) atoms. The Hall–Kier alpha value is -0.773. The van der Waals surface area contributed by atoms with Gasteiger partial charge in [0, 0.05) is 0 Å². The van der Waals surface area contributed by atoms with Crippen molar-refractivity contribution >= 4 is 14.3 Å². The van der Waals surface area contributed by atoms with Gasteiger partial charge >= 0.3 is 5.97 Å². The second-order valence-corrected chi connectivity index (χ2v) is 8.49. The third kappa shape index (κ3) is 5.80. The molecule has 0 unspecified atom stereocenters. The van der Waals surface area contributed by atoms with Gasteiger partial charge in [-0.3, -0.25) is 0 Å². The fourth-order valence-corrected chi connectivity index (χ4v) is 1.70. The summed E-state index contributed by atoms with van der Waals surface area (Å²) in [4.78, 5) is 11.3. The van der Waals surface area contributed by atoms with Crippen molar-refractivity contribution in [2.24, 2.45) is 0 Å². The second kappa shape index (κ2) is 5.85. The number of methoxy groups -OCH3 is 1. The van der Waals surface area contributed by atoms with E-state index in [1.54, 1.807) is 0 Å². The van der Waals surface area contributed by atoms with E-state index in [4.69, 9.17) is 4.43 Å². The Bertz CT molecular complexity index is 216. The Morgan fingerprint density at radius 1 is 1.36 bits per heavy atom. The van der Waals surface area contributed by atoms with Gasteiger partial charge in [-0.05, 0) is 32.1 Å². The van der Waals surface area contributed by atoms with Crippen molar-refractivity contribution < 1.29 is 14.0 Å². The Morgan fingerprint density at radius 3 is 2.29 bits per heavy atom. The predicted molar refractivity (Wildman–Crippen MR) is 59.4 cm³/mol. The summed E-state index contributed by atoms with van der Waals surface area (Å²) in [5.74, 6) is -0.00519. The van der Waals surface area contributed by atoms with Crippen molar-refractivity contribution in [2.45, 2.75) is 39.4 Å². The van der Waals surface area contributed by atoms with Crippen LogP contribution < -0.4 is 0 Å². The molecule has 0 spiro atoms. The lowest BCUT2D eigenvalue weighted by Gasteiger charge is -2.20. The fourth-order valence-electron chi connectivity index (χ4n) is 0.873. The molecule has 0 atom stereocenters. The van der Waals surface area contributed by atoms with Crippen LogP contribution >= 0.6 is 0 Å². The average Bonchev–Trinajstić information content (AvgIpc) is 2.09. The van der Waals surface area contributed by atoms with Crippen LogP contribution in [-0.4, -0.2) is 21.4 Å². The number of unbranched alkanes of at least 4 members (excludes halogenated alkanes) is 1. The Balaban J connectivity index is 4.49. The van der Waals surface area contributed by atoms with Crippen molar-refractivity contribution in [1.29, 1.82) is 0 Å². The van der Waals surface area contributed by atoms with E-state index in [9.17, 15) is 4.79 Å². The average molecular weight is 216 g/mol. The molecule has 0 aliphatic heterocycles. The molecule has 0 rings (SSSR count). The molecule has 0 bridgehead atoms. The maximum atomic E-state index is 11.3. The van der Waals surface area contributed by atoms with Gasteiger partial charge < -0.3 is 9.16 Å². The predicted octanol–water partition coefficient (Wildman–Crippen LogP) is 2.69. The summed E-state index contributed by atoms with van der Waals surface area (Å²) in [6.45, 7) is 8.17. The van der Waals surface area contributed by atoms with Crippen LogP contribution in [0, 0.1) is 0 Å². The van der Waals surface area contributed by atoms with Crippen molar-refractivity contribution in [1.82, 2.24) is 0 Å². The number of hydrogen-bond donors (Lipinski definition) is 0. The summed E-state index contributed by atoms with van der Waals surface area (Å²) in [5, 5.41) is 0. The first-order chi connectivity index (χ1) is 6.40. The molecule has 0 amide bonds. The fraction of sp³-hybridized carbons (Fsp3) is 0.700. The molecule has 0 fully saturated rings.